The summed E-state index contributed by atoms with van der Waals surface area (Å²) >= 11 is 0. The number of carbonyl (C=O) groups excluding carboxylic acids is 1. The highest BCUT2D eigenvalue weighted by Crippen LogP contribution is 2.13. The van der Waals surface area contributed by atoms with Gasteiger partial charge in [0.25, 0.3) is 0 Å². The van der Waals surface area contributed by atoms with Crippen LogP contribution in [0.15, 0.2) is 42.6 Å². The van der Waals surface area contributed by atoms with Gasteiger partial charge in [0.1, 0.15) is 6.61 Å². The van der Waals surface area contributed by atoms with Gasteiger partial charge in [-0.15, -0.1) is 0 Å². The summed E-state index contributed by atoms with van der Waals surface area (Å²) in [5.41, 5.74) is 2.25. The van der Waals surface area contributed by atoms with Crippen LogP contribution in [0, 0.1) is 0 Å². The Balaban J connectivity index is 1.41. The van der Waals surface area contributed by atoms with Crippen LogP contribution in [0.1, 0.15) is 17.7 Å². The summed E-state index contributed by atoms with van der Waals surface area (Å²) in [4.78, 5) is 11.9. The van der Waals surface area contributed by atoms with Crippen molar-refractivity contribution in [1.82, 2.24) is 15.1 Å². The Morgan fingerprint density at radius 1 is 1.33 bits per heavy atom. The molecule has 1 atom stereocenters. The Hall–Kier alpha value is -2.14. The molecule has 0 aliphatic carbocycles. The number of benzene rings is 1. The van der Waals surface area contributed by atoms with Gasteiger partial charge >= 0.3 is 0 Å². The molecule has 1 aliphatic rings. The van der Waals surface area contributed by atoms with Gasteiger partial charge in [0.2, 0.25) is 5.91 Å². The van der Waals surface area contributed by atoms with Gasteiger partial charge in [0, 0.05) is 30.9 Å². The normalized spacial score (nSPS) is 17.2. The fourth-order valence-corrected chi connectivity index (χ4v) is 2.60. The Morgan fingerprint density at radius 3 is 3.05 bits per heavy atom. The number of hydrogen-bond donors (Lipinski definition) is 1. The lowest BCUT2D eigenvalue weighted by Crippen LogP contribution is -2.41. The van der Waals surface area contributed by atoms with E-state index in [9.17, 15) is 4.79 Å². The van der Waals surface area contributed by atoms with Gasteiger partial charge in [0.15, 0.2) is 0 Å². The molecular formula is C16H19N3O2. The van der Waals surface area contributed by atoms with Gasteiger partial charge in [-0.05, 0) is 18.1 Å². The summed E-state index contributed by atoms with van der Waals surface area (Å²) in [6, 6.07) is 12.0. The minimum atomic E-state index is -0.0519. The minimum Gasteiger partial charge on any atom is -0.367 e. The highest BCUT2D eigenvalue weighted by atomic mass is 16.5. The highest BCUT2D eigenvalue weighted by molar-refractivity contribution is 5.77. The third kappa shape index (κ3) is 3.70. The standard InChI is InChI=1S/C16H19N3O2/c20-16(12-21-11-13-4-2-1-3-5-13)18-14-7-9-19-15(10-14)6-8-17-19/h1-6,8,14H,7,9-12H2,(H,18,20). The van der Waals surface area contributed by atoms with Gasteiger partial charge in [-0.2, -0.15) is 5.10 Å². The molecule has 1 aliphatic heterocycles. The molecule has 0 saturated heterocycles. The van der Waals surface area contributed by atoms with E-state index in [-0.39, 0.29) is 18.6 Å². The van der Waals surface area contributed by atoms with E-state index < -0.39 is 0 Å². The van der Waals surface area contributed by atoms with Crippen molar-refractivity contribution in [3.05, 3.63) is 53.9 Å². The predicted octanol–water partition coefficient (Wildman–Crippen LogP) is 1.53. The summed E-state index contributed by atoms with van der Waals surface area (Å²) in [6.07, 6.45) is 3.56. The van der Waals surface area contributed by atoms with Gasteiger partial charge in [-0.25, -0.2) is 0 Å². The zero-order valence-electron chi connectivity index (χ0n) is 11.9. The van der Waals surface area contributed by atoms with Gasteiger partial charge in [-0.1, -0.05) is 30.3 Å². The minimum absolute atomic E-state index is 0.0519. The molecular weight excluding hydrogens is 266 g/mol. The van der Waals surface area contributed by atoms with Gasteiger partial charge in [-0.3, -0.25) is 9.48 Å². The number of rotatable bonds is 5. The first-order chi connectivity index (χ1) is 10.3. The first-order valence-corrected chi connectivity index (χ1v) is 7.23. The number of carbonyl (C=O) groups is 1. The summed E-state index contributed by atoms with van der Waals surface area (Å²) in [7, 11) is 0. The molecule has 0 spiro atoms. The number of fused-ring (bicyclic) bond motifs is 1. The first kappa shape index (κ1) is 13.8. The molecule has 0 bridgehead atoms. The average molecular weight is 285 g/mol. The van der Waals surface area contributed by atoms with Crippen LogP contribution in [0.5, 0.6) is 0 Å². The van der Waals surface area contributed by atoms with Crippen molar-refractivity contribution >= 4 is 5.91 Å². The van der Waals surface area contributed by atoms with Crippen molar-refractivity contribution in [3.8, 4) is 0 Å². The van der Waals surface area contributed by atoms with Crippen LogP contribution in [0.25, 0.3) is 0 Å². The number of nitrogens with zero attached hydrogens (tertiary/aromatic N) is 2. The Bertz CT molecular complexity index is 595. The van der Waals surface area contributed by atoms with Crippen LogP contribution in [-0.4, -0.2) is 28.3 Å². The Kier molecular flexibility index (Phi) is 4.31. The molecule has 5 nitrogen and oxygen atoms in total. The van der Waals surface area contributed by atoms with E-state index in [4.69, 9.17) is 4.74 Å². The van der Waals surface area contributed by atoms with E-state index >= 15 is 0 Å². The van der Waals surface area contributed by atoms with Crippen molar-refractivity contribution in [2.45, 2.75) is 32.0 Å². The molecule has 1 aromatic heterocycles. The van der Waals surface area contributed by atoms with Crippen LogP contribution >= 0.6 is 0 Å². The second-order valence-electron chi connectivity index (χ2n) is 5.28. The van der Waals surface area contributed by atoms with E-state index in [1.54, 1.807) is 0 Å². The fourth-order valence-electron chi connectivity index (χ4n) is 2.60. The van der Waals surface area contributed by atoms with E-state index in [0.717, 1.165) is 24.9 Å². The summed E-state index contributed by atoms with van der Waals surface area (Å²) in [5.74, 6) is -0.0519. The number of ether oxygens (including phenoxy) is 1. The summed E-state index contributed by atoms with van der Waals surface area (Å²) in [6.45, 7) is 1.43. The molecule has 1 aromatic carbocycles. The van der Waals surface area contributed by atoms with Gasteiger partial charge < -0.3 is 10.1 Å². The molecule has 21 heavy (non-hydrogen) atoms. The average Bonchev–Trinajstić information content (AvgIpc) is 2.96. The maximum absolute atomic E-state index is 11.9. The second-order valence-corrected chi connectivity index (χ2v) is 5.28. The molecule has 2 heterocycles. The van der Waals surface area contributed by atoms with Crippen molar-refractivity contribution in [2.75, 3.05) is 6.61 Å². The van der Waals surface area contributed by atoms with Crippen LogP contribution in [0.3, 0.4) is 0 Å². The smallest absolute Gasteiger partial charge is 0.246 e. The van der Waals surface area contributed by atoms with Crippen LogP contribution in [-0.2, 0) is 29.1 Å². The van der Waals surface area contributed by atoms with Crippen molar-refractivity contribution in [3.63, 3.8) is 0 Å². The van der Waals surface area contributed by atoms with E-state index in [2.05, 4.69) is 10.4 Å². The highest BCUT2D eigenvalue weighted by Gasteiger charge is 2.20. The number of aromatic nitrogens is 2. The van der Waals surface area contributed by atoms with E-state index in [1.165, 1.54) is 5.69 Å². The largest absolute Gasteiger partial charge is 0.367 e. The van der Waals surface area contributed by atoms with Crippen molar-refractivity contribution in [1.29, 1.82) is 0 Å². The zero-order chi connectivity index (χ0) is 14.5. The van der Waals surface area contributed by atoms with Gasteiger partial charge in [0.05, 0.1) is 6.61 Å². The molecule has 110 valence electrons. The lowest BCUT2D eigenvalue weighted by molar-refractivity contribution is -0.126. The topological polar surface area (TPSA) is 56.1 Å². The lowest BCUT2D eigenvalue weighted by Gasteiger charge is -2.24. The third-order valence-electron chi connectivity index (χ3n) is 3.66. The zero-order valence-corrected chi connectivity index (χ0v) is 11.9. The third-order valence-corrected chi connectivity index (χ3v) is 3.66. The quantitative estimate of drug-likeness (QED) is 0.906. The number of hydrogen-bond acceptors (Lipinski definition) is 3. The monoisotopic (exact) mass is 285 g/mol. The second kappa shape index (κ2) is 6.54. The molecule has 0 radical (unpaired) electrons. The van der Waals surface area contributed by atoms with E-state index in [0.29, 0.717) is 6.61 Å². The lowest BCUT2D eigenvalue weighted by atomic mass is 10.0. The van der Waals surface area contributed by atoms with Crippen LogP contribution in [0.2, 0.25) is 0 Å². The van der Waals surface area contributed by atoms with Crippen LogP contribution < -0.4 is 5.32 Å². The molecule has 1 N–H and O–H groups in total. The van der Waals surface area contributed by atoms with E-state index in [1.807, 2.05) is 47.3 Å². The maximum Gasteiger partial charge on any atom is 0.246 e. The number of aryl methyl sites for hydroxylation is 1. The van der Waals surface area contributed by atoms with Crippen LogP contribution in [0.4, 0.5) is 0 Å². The summed E-state index contributed by atoms with van der Waals surface area (Å²) < 4.78 is 7.44. The summed E-state index contributed by atoms with van der Waals surface area (Å²) in [5, 5.41) is 7.26. The first-order valence-electron chi connectivity index (χ1n) is 7.23. The molecule has 5 heteroatoms. The maximum atomic E-state index is 11.9. The number of amides is 1. The molecule has 1 unspecified atom stereocenters. The van der Waals surface area contributed by atoms with Crippen molar-refractivity contribution in [2.24, 2.45) is 0 Å². The molecule has 0 saturated carbocycles. The molecule has 2 aromatic rings. The fraction of sp³-hybridized carbons (Fsp3) is 0.375. The predicted molar refractivity (Wildman–Crippen MR) is 78.6 cm³/mol. The Morgan fingerprint density at radius 2 is 2.19 bits per heavy atom. The molecule has 0 fully saturated rings. The molecule has 1 amide bonds. The van der Waals surface area contributed by atoms with Crippen molar-refractivity contribution < 1.29 is 9.53 Å². The number of nitrogens with one attached hydrogen (secondary N) is 1. The SMILES string of the molecule is O=C(COCc1ccccc1)NC1CCn2nccc2C1. The molecule has 3 rings (SSSR count). The Labute approximate surface area is 123 Å².